The van der Waals surface area contributed by atoms with E-state index >= 15 is 0 Å². The summed E-state index contributed by atoms with van der Waals surface area (Å²) in [5.74, 6) is -0.271. The standard InChI is InChI=1S/C8H5F3N2O/c9-8(10,11)14-6-3-1-2-5-7(6)13-4-12-5/h1-4H,(H,12,13). The topological polar surface area (TPSA) is 37.9 Å². The number of hydrogen-bond acceptors (Lipinski definition) is 2. The van der Waals surface area contributed by atoms with Crippen molar-refractivity contribution in [2.24, 2.45) is 0 Å². The SMILES string of the molecule is FC(F)(F)Oc1cccc2nc[nH]c12. The Morgan fingerprint density at radius 2 is 2.07 bits per heavy atom. The fourth-order valence-corrected chi connectivity index (χ4v) is 1.15. The molecule has 2 rings (SSSR count). The van der Waals surface area contributed by atoms with Crippen LogP contribution in [0, 0.1) is 0 Å². The van der Waals surface area contributed by atoms with E-state index in [1.54, 1.807) is 6.07 Å². The summed E-state index contributed by atoms with van der Waals surface area (Å²) < 4.78 is 39.6. The average molecular weight is 202 g/mol. The molecule has 74 valence electrons. The highest BCUT2D eigenvalue weighted by Gasteiger charge is 2.31. The molecule has 0 aliphatic rings. The predicted octanol–water partition coefficient (Wildman–Crippen LogP) is 2.46. The summed E-state index contributed by atoms with van der Waals surface area (Å²) in [6.07, 6.45) is -3.37. The minimum Gasteiger partial charge on any atom is -0.403 e. The van der Waals surface area contributed by atoms with Crippen LogP contribution < -0.4 is 4.74 Å². The number of halogens is 3. The first-order valence-corrected chi connectivity index (χ1v) is 3.74. The molecule has 0 unspecified atom stereocenters. The number of aromatic amines is 1. The van der Waals surface area contributed by atoms with Crippen molar-refractivity contribution in [3.63, 3.8) is 0 Å². The number of para-hydroxylation sites is 1. The second-order valence-electron chi connectivity index (χ2n) is 2.60. The van der Waals surface area contributed by atoms with Gasteiger partial charge >= 0.3 is 6.36 Å². The van der Waals surface area contributed by atoms with Gasteiger partial charge in [-0.15, -0.1) is 13.2 Å². The van der Waals surface area contributed by atoms with E-state index in [-0.39, 0.29) is 11.3 Å². The van der Waals surface area contributed by atoms with Gasteiger partial charge in [-0.05, 0) is 12.1 Å². The molecule has 1 aromatic carbocycles. The van der Waals surface area contributed by atoms with E-state index in [0.717, 1.165) is 0 Å². The van der Waals surface area contributed by atoms with E-state index in [9.17, 15) is 13.2 Å². The lowest BCUT2D eigenvalue weighted by atomic mass is 10.3. The molecular weight excluding hydrogens is 197 g/mol. The van der Waals surface area contributed by atoms with Crippen LogP contribution in [0.3, 0.4) is 0 Å². The fraction of sp³-hybridized carbons (Fsp3) is 0.125. The van der Waals surface area contributed by atoms with Gasteiger partial charge in [0.2, 0.25) is 0 Å². The molecule has 0 amide bonds. The van der Waals surface area contributed by atoms with Gasteiger partial charge in [0.05, 0.1) is 11.8 Å². The Bertz CT molecular complexity index is 449. The number of alkyl halides is 3. The summed E-state index contributed by atoms with van der Waals surface area (Å²) in [5, 5.41) is 0. The molecule has 0 aliphatic heterocycles. The Morgan fingerprint density at radius 3 is 2.79 bits per heavy atom. The molecule has 2 aromatic rings. The second-order valence-corrected chi connectivity index (χ2v) is 2.60. The molecule has 6 heteroatoms. The zero-order valence-electron chi connectivity index (χ0n) is 6.80. The predicted molar refractivity (Wildman–Crippen MR) is 42.8 cm³/mol. The van der Waals surface area contributed by atoms with Gasteiger partial charge in [0.1, 0.15) is 5.52 Å². The number of hydrogen-bond donors (Lipinski definition) is 1. The molecule has 3 nitrogen and oxygen atoms in total. The molecule has 0 saturated heterocycles. The second kappa shape index (κ2) is 2.90. The van der Waals surface area contributed by atoms with E-state index in [2.05, 4.69) is 14.7 Å². The molecule has 0 radical (unpaired) electrons. The third-order valence-corrected chi connectivity index (χ3v) is 1.64. The highest BCUT2D eigenvalue weighted by molar-refractivity contribution is 5.81. The molecule has 0 saturated carbocycles. The Hall–Kier alpha value is -1.72. The van der Waals surface area contributed by atoms with Gasteiger partial charge in [-0.25, -0.2) is 4.98 Å². The molecular formula is C8H5F3N2O. The van der Waals surface area contributed by atoms with Crippen molar-refractivity contribution in [2.45, 2.75) is 6.36 Å². The Balaban J connectivity index is 2.46. The van der Waals surface area contributed by atoms with Gasteiger partial charge in [0.25, 0.3) is 0 Å². The maximum absolute atomic E-state index is 11.9. The molecule has 1 N–H and O–H groups in total. The lowest BCUT2D eigenvalue weighted by Crippen LogP contribution is -2.17. The highest BCUT2D eigenvalue weighted by atomic mass is 19.4. The van der Waals surface area contributed by atoms with Crippen LogP contribution in [-0.4, -0.2) is 16.3 Å². The van der Waals surface area contributed by atoms with Crippen LogP contribution in [0.1, 0.15) is 0 Å². The van der Waals surface area contributed by atoms with Crippen LogP contribution in [0.5, 0.6) is 5.75 Å². The first kappa shape index (κ1) is 8.86. The number of fused-ring (bicyclic) bond motifs is 1. The number of rotatable bonds is 1. The van der Waals surface area contributed by atoms with Crippen LogP contribution in [-0.2, 0) is 0 Å². The number of nitrogens with one attached hydrogen (secondary N) is 1. The maximum atomic E-state index is 11.9. The van der Waals surface area contributed by atoms with Crippen molar-refractivity contribution in [1.82, 2.24) is 9.97 Å². The maximum Gasteiger partial charge on any atom is 0.573 e. The number of benzene rings is 1. The van der Waals surface area contributed by atoms with Crippen molar-refractivity contribution in [2.75, 3.05) is 0 Å². The minimum atomic E-state index is -4.68. The summed E-state index contributed by atoms with van der Waals surface area (Å²) in [6, 6.07) is 4.27. The largest absolute Gasteiger partial charge is 0.573 e. The summed E-state index contributed by atoms with van der Waals surface area (Å²) in [7, 11) is 0. The molecule has 0 atom stereocenters. The van der Waals surface area contributed by atoms with Crippen LogP contribution >= 0.6 is 0 Å². The van der Waals surface area contributed by atoms with Gasteiger partial charge in [0, 0.05) is 0 Å². The smallest absolute Gasteiger partial charge is 0.403 e. The summed E-state index contributed by atoms with van der Waals surface area (Å²) >= 11 is 0. The number of nitrogens with zero attached hydrogens (tertiary/aromatic N) is 1. The number of imidazole rings is 1. The van der Waals surface area contributed by atoms with Crippen molar-refractivity contribution in [3.05, 3.63) is 24.5 Å². The third kappa shape index (κ3) is 1.63. The molecule has 0 spiro atoms. The van der Waals surface area contributed by atoms with E-state index < -0.39 is 6.36 Å². The van der Waals surface area contributed by atoms with Gasteiger partial charge in [-0.3, -0.25) is 0 Å². The van der Waals surface area contributed by atoms with E-state index in [4.69, 9.17) is 0 Å². The van der Waals surface area contributed by atoms with E-state index in [0.29, 0.717) is 5.52 Å². The van der Waals surface area contributed by atoms with Gasteiger partial charge in [0.15, 0.2) is 5.75 Å². The summed E-state index contributed by atoms with van der Waals surface area (Å²) in [4.78, 5) is 6.38. The van der Waals surface area contributed by atoms with Crippen LogP contribution in [0.25, 0.3) is 11.0 Å². The molecule has 1 aromatic heterocycles. The van der Waals surface area contributed by atoms with Crippen LogP contribution in [0.4, 0.5) is 13.2 Å². The Morgan fingerprint density at radius 1 is 1.29 bits per heavy atom. The zero-order chi connectivity index (χ0) is 10.2. The summed E-state index contributed by atoms with van der Waals surface area (Å²) in [6.45, 7) is 0. The molecule has 1 heterocycles. The minimum absolute atomic E-state index is 0.241. The molecule has 0 fully saturated rings. The molecule has 0 bridgehead atoms. The summed E-state index contributed by atoms with van der Waals surface area (Å²) in [5.41, 5.74) is 0.677. The quantitative estimate of drug-likeness (QED) is 0.771. The number of ether oxygens (including phenoxy) is 1. The molecule has 0 aliphatic carbocycles. The molecule has 14 heavy (non-hydrogen) atoms. The Labute approximate surface area is 76.5 Å². The zero-order valence-corrected chi connectivity index (χ0v) is 6.80. The van der Waals surface area contributed by atoms with E-state index in [1.807, 2.05) is 0 Å². The van der Waals surface area contributed by atoms with Crippen molar-refractivity contribution < 1.29 is 17.9 Å². The van der Waals surface area contributed by atoms with Crippen molar-refractivity contribution in [1.29, 1.82) is 0 Å². The third-order valence-electron chi connectivity index (χ3n) is 1.64. The Kier molecular flexibility index (Phi) is 1.83. The van der Waals surface area contributed by atoms with Crippen molar-refractivity contribution >= 4 is 11.0 Å². The van der Waals surface area contributed by atoms with E-state index in [1.165, 1.54) is 18.5 Å². The normalized spacial score (nSPS) is 11.9. The monoisotopic (exact) mass is 202 g/mol. The number of H-pyrrole nitrogens is 1. The van der Waals surface area contributed by atoms with Crippen molar-refractivity contribution in [3.8, 4) is 5.75 Å². The van der Waals surface area contributed by atoms with Gasteiger partial charge in [-0.2, -0.15) is 0 Å². The average Bonchev–Trinajstić information content (AvgIpc) is 2.49. The van der Waals surface area contributed by atoms with Gasteiger partial charge in [-0.1, -0.05) is 6.07 Å². The first-order valence-electron chi connectivity index (χ1n) is 3.74. The van der Waals surface area contributed by atoms with Crippen LogP contribution in [0.2, 0.25) is 0 Å². The lowest BCUT2D eigenvalue weighted by molar-refractivity contribution is -0.274. The fourth-order valence-electron chi connectivity index (χ4n) is 1.15. The van der Waals surface area contributed by atoms with Gasteiger partial charge < -0.3 is 9.72 Å². The first-order chi connectivity index (χ1) is 6.56. The lowest BCUT2D eigenvalue weighted by Gasteiger charge is -2.08. The highest BCUT2D eigenvalue weighted by Crippen LogP contribution is 2.28. The van der Waals surface area contributed by atoms with Crippen LogP contribution in [0.15, 0.2) is 24.5 Å². The number of aromatic nitrogens is 2.